The number of carboxylic acids is 1. The summed E-state index contributed by atoms with van der Waals surface area (Å²) in [4.78, 5) is 65.8. The van der Waals surface area contributed by atoms with Gasteiger partial charge in [-0.15, -0.1) is 11.3 Å². The molecule has 314 valence electrons. The Kier molecular flexibility index (Phi) is 11.8. The second kappa shape index (κ2) is 16.5. The number of rotatable bonds is 16. The predicted octanol–water partition coefficient (Wildman–Crippen LogP) is 5.86. The quantitative estimate of drug-likeness (QED) is 0.126. The monoisotopic (exact) mass is 820 g/mol. The average Bonchev–Trinajstić information content (AvgIpc) is 3.83. The van der Waals surface area contributed by atoms with Crippen molar-refractivity contribution in [1.82, 2.24) is 25.5 Å². The summed E-state index contributed by atoms with van der Waals surface area (Å²) in [6.45, 7) is 12.2. The number of likely N-dealkylation sites (tertiary alicyclic amines) is 1. The number of aliphatic carboxylic acids is 1. The molecule has 0 spiro atoms. The number of pyridine rings is 1. The summed E-state index contributed by atoms with van der Waals surface area (Å²) in [5.41, 5.74) is -0.381. The summed E-state index contributed by atoms with van der Waals surface area (Å²) >= 11 is 1.46. The van der Waals surface area contributed by atoms with E-state index in [2.05, 4.69) is 16.0 Å². The van der Waals surface area contributed by atoms with Crippen LogP contribution in [0.1, 0.15) is 80.1 Å². The molecule has 0 bridgehead atoms. The number of hydrogen-bond donors (Lipinski definition) is 4. The predicted molar refractivity (Wildman–Crippen MR) is 218 cm³/mol. The lowest BCUT2D eigenvalue weighted by Gasteiger charge is -2.35. The van der Waals surface area contributed by atoms with Crippen LogP contribution in [0.15, 0.2) is 29.6 Å². The number of alkyl carbamates (subject to hydrolysis) is 1. The van der Waals surface area contributed by atoms with Gasteiger partial charge in [-0.05, 0) is 74.8 Å². The molecule has 15 nitrogen and oxygen atoms in total. The first-order valence-corrected chi connectivity index (χ1v) is 21.2. The van der Waals surface area contributed by atoms with Gasteiger partial charge in [0, 0.05) is 42.5 Å². The maximum atomic E-state index is 14.7. The van der Waals surface area contributed by atoms with E-state index < -0.39 is 53.0 Å². The number of ether oxygens (including phenoxy) is 4. The minimum absolute atomic E-state index is 0.00000991. The number of carboxylic acid groups (broad SMARTS) is 1. The summed E-state index contributed by atoms with van der Waals surface area (Å²) in [6, 6.07) is 5.35. The zero-order valence-electron chi connectivity index (χ0n) is 34.3. The molecular formula is C42H56N6O9S. The van der Waals surface area contributed by atoms with Crippen molar-refractivity contribution < 1.29 is 43.2 Å². The fourth-order valence-electron chi connectivity index (χ4n) is 8.46. The standard InChI is InChI=1S/C42H56N6O9S/c1-8-25-19-42(25,38(51)52)47-36(49)33-17-28(20-48(33)37(50)35(41(4,5)6)46-40(53)57-27-14-23-13-24(23)15-27)56-34-18-31(32-21-58-39(45-32)43-22(2)3)44-30-16-26(9-10-29(30)34)55-12-11-54-7/h9-10,16,18,21-25,27-28,33,35H,8,11-15,17,19-20H2,1-7H3,(H,43,45)(H,46,53)(H,47,49)(H,51,52)/t23-,24+,25?,27+,28?,33-,35+,42+/m0/s1. The van der Waals surface area contributed by atoms with E-state index in [1.165, 1.54) is 22.7 Å². The van der Waals surface area contributed by atoms with E-state index in [0.717, 1.165) is 18.0 Å². The summed E-state index contributed by atoms with van der Waals surface area (Å²) in [5.74, 6) is -0.114. The zero-order chi connectivity index (χ0) is 41.5. The number of nitrogens with one attached hydrogen (secondary N) is 3. The number of anilines is 1. The van der Waals surface area contributed by atoms with Gasteiger partial charge in [-0.25, -0.2) is 19.6 Å². The molecule has 4 aliphatic rings. The van der Waals surface area contributed by atoms with Crippen molar-refractivity contribution in [3.05, 3.63) is 29.6 Å². The molecule has 8 atom stereocenters. The molecule has 1 aromatic carbocycles. The molecule has 4 N–H and O–H groups in total. The van der Waals surface area contributed by atoms with Gasteiger partial charge in [0.15, 0.2) is 5.13 Å². The minimum Gasteiger partial charge on any atom is -0.491 e. The smallest absolute Gasteiger partial charge is 0.408 e. The molecule has 2 unspecified atom stereocenters. The van der Waals surface area contributed by atoms with Gasteiger partial charge in [-0.2, -0.15) is 0 Å². The van der Waals surface area contributed by atoms with Crippen LogP contribution in [-0.4, -0.2) is 107 Å². The molecule has 1 saturated heterocycles. The number of methoxy groups -OCH3 is 1. The molecular weight excluding hydrogens is 765 g/mol. The Morgan fingerprint density at radius 3 is 2.43 bits per heavy atom. The van der Waals surface area contributed by atoms with Crippen molar-refractivity contribution in [3.63, 3.8) is 0 Å². The van der Waals surface area contributed by atoms with Crippen molar-refractivity contribution in [2.75, 3.05) is 32.2 Å². The highest BCUT2D eigenvalue weighted by Gasteiger charge is 2.61. The highest BCUT2D eigenvalue weighted by atomic mass is 32.1. The van der Waals surface area contributed by atoms with Gasteiger partial charge in [-0.3, -0.25) is 9.59 Å². The van der Waals surface area contributed by atoms with Gasteiger partial charge in [0.2, 0.25) is 11.8 Å². The number of carbonyl (C=O) groups excluding carboxylic acids is 3. The van der Waals surface area contributed by atoms with E-state index in [4.69, 9.17) is 28.9 Å². The maximum Gasteiger partial charge on any atom is 0.408 e. The Hall–Kier alpha value is -4.70. The average molecular weight is 821 g/mol. The Labute approximate surface area is 342 Å². The van der Waals surface area contributed by atoms with Crippen molar-refractivity contribution >= 4 is 51.2 Å². The summed E-state index contributed by atoms with van der Waals surface area (Å²) < 4.78 is 23.6. The number of thiazole rings is 1. The highest BCUT2D eigenvalue weighted by Crippen LogP contribution is 2.52. The van der Waals surface area contributed by atoms with Crippen molar-refractivity contribution in [3.8, 4) is 22.9 Å². The topological polar surface area (TPSA) is 191 Å². The van der Waals surface area contributed by atoms with Crippen molar-refractivity contribution in [1.29, 1.82) is 0 Å². The third-order valence-electron chi connectivity index (χ3n) is 11.8. The molecule has 58 heavy (non-hydrogen) atoms. The number of nitrogens with zero attached hydrogens (tertiary/aromatic N) is 3. The summed E-state index contributed by atoms with van der Waals surface area (Å²) in [7, 11) is 1.61. The lowest BCUT2D eigenvalue weighted by atomic mass is 9.85. The fraction of sp³-hybridized carbons (Fsp3) is 0.619. The van der Waals surface area contributed by atoms with E-state index in [9.17, 15) is 24.3 Å². The molecule has 3 saturated carbocycles. The Balaban J connectivity index is 1.19. The Bertz CT molecular complexity index is 2020. The first-order valence-electron chi connectivity index (χ1n) is 20.4. The second-order valence-electron chi connectivity index (χ2n) is 17.6. The number of benzene rings is 1. The van der Waals surface area contributed by atoms with Crippen LogP contribution in [0.2, 0.25) is 0 Å². The third kappa shape index (κ3) is 8.97. The summed E-state index contributed by atoms with van der Waals surface area (Å²) in [5, 5.41) is 22.5. The number of aromatic nitrogens is 2. The largest absolute Gasteiger partial charge is 0.491 e. The van der Waals surface area contributed by atoms with E-state index in [0.29, 0.717) is 71.7 Å². The van der Waals surface area contributed by atoms with Gasteiger partial charge < -0.3 is 44.9 Å². The highest BCUT2D eigenvalue weighted by molar-refractivity contribution is 7.14. The molecule has 2 aromatic heterocycles. The van der Waals surface area contributed by atoms with Gasteiger partial charge in [0.25, 0.3) is 0 Å². The lowest BCUT2D eigenvalue weighted by molar-refractivity contribution is -0.146. The zero-order valence-corrected chi connectivity index (χ0v) is 35.1. The molecule has 16 heteroatoms. The first-order chi connectivity index (χ1) is 27.6. The van der Waals surface area contributed by atoms with Gasteiger partial charge in [0.1, 0.15) is 53.6 Å². The second-order valence-corrected chi connectivity index (χ2v) is 18.5. The normalized spacial score (nSPS) is 26.5. The molecule has 1 aliphatic heterocycles. The number of carbonyl (C=O) groups is 4. The third-order valence-corrected chi connectivity index (χ3v) is 12.6. The SMILES string of the molecule is CCC1C[C@]1(NC(=O)[C@@H]1CC(Oc2cc(-c3csc(NC(C)C)n3)nc3cc(OCCOC)ccc23)CN1C(=O)[C@@H](NC(=O)O[C@@H]1C[C@@H]2C[C@@H]2C1)C(C)(C)C)C(=O)O. The van der Waals surface area contributed by atoms with Crippen LogP contribution in [-0.2, 0) is 23.9 Å². The van der Waals surface area contributed by atoms with E-state index in [1.807, 2.05) is 65.1 Å². The fourth-order valence-corrected chi connectivity index (χ4v) is 9.32. The number of fused-ring (bicyclic) bond motifs is 2. The van der Waals surface area contributed by atoms with E-state index in [-0.39, 0.29) is 31.0 Å². The van der Waals surface area contributed by atoms with Crippen LogP contribution in [0.3, 0.4) is 0 Å². The van der Waals surface area contributed by atoms with Crippen molar-refractivity contribution in [2.24, 2.45) is 23.2 Å². The van der Waals surface area contributed by atoms with Crippen LogP contribution in [0.4, 0.5) is 9.93 Å². The maximum absolute atomic E-state index is 14.7. The van der Waals surface area contributed by atoms with Crippen molar-refractivity contribution in [2.45, 2.75) is 116 Å². The molecule has 3 aliphatic carbocycles. The minimum atomic E-state index is -1.40. The van der Waals surface area contributed by atoms with Gasteiger partial charge >= 0.3 is 12.1 Å². The van der Waals surface area contributed by atoms with Crippen LogP contribution < -0.4 is 25.4 Å². The first kappa shape index (κ1) is 41.5. The van der Waals surface area contributed by atoms with Crippen LogP contribution in [0.25, 0.3) is 22.3 Å². The van der Waals surface area contributed by atoms with Gasteiger partial charge in [0.05, 0.1) is 24.4 Å². The van der Waals surface area contributed by atoms with Gasteiger partial charge in [-0.1, -0.05) is 34.1 Å². The molecule has 0 radical (unpaired) electrons. The van der Waals surface area contributed by atoms with Crippen LogP contribution in [0.5, 0.6) is 11.5 Å². The Morgan fingerprint density at radius 1 is 1.02 bits per heavy atom. The molecule has 3 aromatic rings. The molecule has 7 rings (SSSR count). The number of amides is 3. The van der Waals surface area contributed by atoms with E-state index >= 15 is 0 Å². The number of hydrogen-bond acceptors (Lipinski definition) is 12. The Morgan fingerprint density at radius 2 is 1.78 bits per heavy atom. The van der Waals surface area contributed by atoms with Crippen LogP contribution >= 0.6 is 11.3 Å². The molecule has 3 heterocycles. The van der Waals surface area contributed by atoms with Crippen LogP contribution in [0, 0.1) is 23.2 Å². The lowest BCUT2D eigenvalue weighted by Crippen LogP contribution is -2.59. The molecule has 3 amide bonds. The summed E-state index contributed by atoms with van der Waals surface area (Å²) in [6.07, 6.45) is 2.25. The molecule has 4 fully saturated rings. The van der Waals surface area contributed by atoms with E-state index in [1.54, 1.807) is 13.2 Å².